The lowest BCUT2D eigenvalue weighted by molar-refractivity contribution is 0.586. The van der Waals surface area contributed by atoms with Crippen LogP contribution in [0.25, 0.3) is 0 Å². The molecule has 0 amide bonds. The molecule has 1 aliphatic heterocycles. The molecule has 1 saturated heterocycles. The summed E-state index contributed by atoms with van der Waals surface area (Å²) in [5.74, 6) is 0.461. The largest absolute Gasteiger partial charge is 0.369 e. The smallest absolute Gasteiger partial charge is 0.153 e. The predicted molar refractivity (Wildman–Crippen MR) is 77.6 cm³/mol. The van der Waals surface area contributed by atoms with Crippen LogP contribution in [-0.2, 0) is 9.84 Å². The quantitative estimate of drug-likeness (QED) is 0.895. The molecule has 100 valence electrons. The highest BCUT2D eigenvalue weighted by atomic mass is 79.9. The van der Waals surface area contributed by atoms with Gasteiger partial charge in [-0.05, 0) is 40.5 Å². The zero-order valence-electron chi connectivity index (χ0n) is 10.3. The van der Waals surface area contributed by atoms with Crippen molar-refractivity contribution in [3.63, 3.8) is 0 Å². The van der Waals surface area contributed by atoms with E-state index in [0.717, 1.165) is 15.7 Å². The van der Waals surface area contributed by atoms with Gasteiger partial charge in [0.2, 0.25) is 0 Å². The van der Waals surface area contributed by atoms with Gasteiger partial charge in [0.05, 0.1) is 17.2 Å². The summed E-state index contributed by atoms with van der Waals surface area (Å²) in [5.41, 5.74) is 7.93. The summed E-state index contributed by atoms with van der Waals surface area (Å²) in [6, 6.07) is 6.00. The molecule has 1 aliphatic rings. The normalized spacial score (nSPS) is 20.7. The fourth-order valence-electron chi connectivity index (χ4n) is 2.02. The molecule has 0 saturated carbocycles. The van der Waals surface area contributed by atoms with Gasteiger partial charge in [-0.1, -0.05) is 6.07 Å². The average Bonchev–Trinajstić information content (AvgIpc) is 2.29. The van der Waals surface area contributed by atoms with Crippen LogP contribution < -0.4 is 10.6 Å². The molecule has 6 heteroatoms. The van der Waals surface area contributed by atoms with Crippen LogP contribution in [0.5, 0.6) is 0 Å². The van der Waals surface area contributed by atoms with E-state index in [2.05, 4.69) is 20.8 Å². The molecular formula is C12H17BrN2O2S. The number of hydrogen-bond acceptors (Lipinski definition) is 4. The maximum atomic E-state index is 11.4. The molecule has 1 heterocycles. The van der Waals surface area contributed by atoms with Crippen LogP contribution in [0.15, 0.2) is 22.7 Å². The molecule has 18 heavy (non-hydrogen) atoms. The zero-order valence-corrected chi connectivity index (χ0v) is 12.7. The monoisotopic (exact) mass is 332 g/mol. The Labute approximate surface area is 116 Å². The maximum absolute atomic E-state index is 11.4. The van der Waals surface area contributed by atoms with Crippen LogP contribution in [0.2, 0.25) is 0 Å². The summed E-state index contributed by atoms with van der Waals surface area (Å²) in [6.07, 6.45) is 0. The van der Waals surface area contributed by atoms with Gasteiger partial charge < -0.3 is 10.6 Å². The fraction of sp³-hybridized carbons (Fsp3) is 0.500. The van der Waals surface area contributed by atoms with Crippen molar-refractivity contribution < 1.29 is 8.42 Å². The lowest BCUT2D eigenvalue weighted by atomic mass is 10.1. The van der Waals surface area contributed by atoms with E-state index in [4.69, 9.17) is 5.73 Å². The molecule has 0 aliphatic carbocycles. The van der Waals surface area contributed by atoms with E-state index >= 15 is 0 Å². The molecule has 0 bridgehead atoms. The van der Waals surface area contributed by atoms with Gasteiger partial charge in [0.25, 0.3) is 0 Å². The van der Waals surface area contributed by atoms with Gasteiger partial charge in [0.1, 0.15) is 0 Å². The Morgan fingerprint density at radius 2 is 1.94 bits per heavy atom. The van der Waals surface area contributed by atoms with Crippen LogP contribution >= 0.6 is 15.9 Å². The topological polar surface area (TPSA) is 63.4 Å². The van der Waals surface area contributed by atoms with Gasteiger partial charge >= 0.3 is 0 Å². The van der Waals surface area contributed by atoms with Gasteiger partial charge in [-0.15, -0.1) is 0 Å². The molecular weight excluding hydrogens is 316 g/mol. The summed E-state index contributed by atoms with van der Waals surface area (Å²) < 4.78 is 23.8. The van der Waals surface area contributed by atoms with Crippen molar-refractivity contribution >= 4 is 31.5 Å². The van der Waals surface area contributed by atoms with E-state index in [9.17, 15) is 8.42 Å². The van der Waals surface area contributed by atoms with Crippen molar-refractivity contribution in [2.75, 3.05) is 29.5 Å². The molecule has 1 fully saturated rings. The molecule has 0 aromatic heterocycles. The average molecular weight is 333 g/mol. The van der Waals surface area contributed by atoms with E-state index in [0.29, 0.717) is 13.1 Å². The van der Waals surface area contributed by atoms with Crippen LogP contribution in [0.1, 0.15) is 18.5 Å². The Bertz CT molecular complexity index is 529. The standard InChI is InChI=1S/C12H17BrN2O2S/c1-9(14)10-2-3-12(11(13)8-10)15-4-6-18(16,17)7-5-15/h2-3,8-9H,4-7,14H2,1H3/t9-/m1/s1. The minimum absolute atomic E-state index is 0.00270. The van der Waals surface area contributed by atoms with Crippen LogP contribution in [0, 0.1) is 0 Å². The van der Waals surface area contributed by atoms with Crippen molar-refractivity contribution in [1.82, 2.24) is 0 Å². The molecule has 1 aromatic carbocycles. The van der Waals surface area contributed by atoms with Crippen LogP contribution in [0.3, 0.4) is 0 Å². The molecule has 1 atom stereocenters. The SMILES string of the molecule is C[C@@H](N)c1ccc(N2CCS(=O)(=O)CC2)c(Br)c1. The highest BCUT2D eigenvalue weighted by Gasteiger charge is 2.23. The number of nitrogens with zero attached hydrogens (tertiary/aromatic N) is 1. The highest BCUT2D eigenvalue weighted by Crippen LogP contribution is 2.29. The Hall–Kier alpha value is -0.590. The van der Waals surface area contributed by atoms with E-state index in [1.807, 2.05) is 25.1 Å². The molecule has 4 nitrogen and oxygen atoms in total. The van der Waals surface area contributed by atoms with E-state index in [1.54, 1.807) is 0 Å². The fourth-order valence-corrected chi connectivity index (χ4v) is 3.86. The van der Waals surface area contributed by atoms with Crippen molar-refractivity contribution in [3.05, 3.63) is 28.2 Å². The number of halogens is 1. The Morgan fingerprint density at radius 1 is 1.33 bits per heavy atom. The minimum Gasteiger partial charge on any atom is -0.369 e. The lowest BCUT2D eigenvalue weighted by Gasteiger charge is -2.29. The zero-order chi connectivity index (χ0) is 13.3. The third-order valence-corrected chi connectivity index (χ3v) is 5.43. The second-order valence-electron chi connectivity index (χ2n) is 4.64. The molecule has 1 aromatic rings. The number of nitrogens with two attached hydrogens (primary N) is 1. The first-order chi connectivity index (χ1) is 8.39. The second-order valence-corrected chi connectivity index (χ2v) is 7.80. The Morgan fingerprint density at radius 3 is 2.44 bits per heavy atom. The van der Waals surface area contributed by atoms with Gasteiger partial charge in [-0.2, -0.15) is 0 Å². The van der Waals surface area contributed by atoms with Crippen LogP contribution in [0.4, 0.5) is 5.69 Å². The van der Waals surface area contributed by atoms with Crippen molar-refractivity contribution in [2.45, 2.75) is 13.0 Å². The maximum Gasteiger partial charge on any atom is 0.153 e. The first kappa shape index (κ1) is 13.8. The molecule has 2 rings (SSSR count). The molecule has 0 spiro atoms. The van der Waals surface area contributed by atoms with Gasteiger partial charge in [-0.3, -0.25) is 0 Å². The molecule has 2 N–H and O–H groups in total. The third-order valence-electron chi connectivity index (χ3n) is 3.18. The summed E-state index contributed by atoms with van der Waals surface area (Å²) in [7, 11) is -2.84. The molecule has 0 unspecified atom stereocenters. The van der Waals surface area contributed by atoms with Gasteiger partial charge in [0, 0.05) is 23.6 Å². The summed E-state index contributed by atoms with van der Waals surface area (Å²) >= 11 is 3.53. The third kappa shape index (κ3) is 3.05. The second kappa shape index (κ2) is 5.19. The minimum atomic E-state index is -2.84. The van der Waals surface area contributed by atoms with Gasteiger partial charge in [0.15, 0.2) is 9.84 Å². The van der Waals surface area contributed by atoms with Crippen LogP contribution in [-0.4, -0.2) is 33.0 Å². The molecule has 0 radical (unpaired) electrons. The van der Waals surface area contributed by atoms with Gasteiger partial charge in [-0.25, -0.2) is 8.42 Å². The van der Waals surface area contributed by atoms with E-state index < -0.39 is 9.84 Å². The highest BCUT2D eigenvalue weighted by molar-refractivity contribution is 9.10. The number of hydrogen-bond donors (Lipinski definition) is 1. The summed E-state index contributed by atoms with van der Waals surface area (Å²) in [4.78, 5) is 2.09. The number of rotatable bonds is 2. The number of sulfone groups is 1. The summed E-state index contributed by atoms with van der Waals surface area (Å²) in [6.45, 7) is 3.05. The summed E-state index contributed by atoms with van der Waals surface area (Å²) in [5, 5.41) is 0. The first-order valence-electron chi connectivity index (χ1n) is 5.89. The van der Waals surface area contributed by atoms with E-state index in [1.165, 1.54) is 0 Å². The van der Waals surface area contributed by atoms with E-state index in [-0.39, 0.29) is 17.5 Å². The van der Waals surface area contributed by atoms with Crippen molar-refractivity contribution in [2.24, 2.45) is 5.73 Å². The first-order valence-corrected chi connectivity index (χ1v) is 8.51. The van der Waals surface area contributed by atoms with Crippen molar-refractivity contribution in [3.8, 4) is 0 Å². The van der Waals surface area contributed by atoms with Crippen molar-refractivity contribution in [1.29, 1.82) is 0 Å². The lowest BCUT2D eigenvalue weighted by Crippen LogP contribution is -2.40. The number of benzene rings is 1. The predicted octanol–water partition coefficient (Wildman–Crippen LogP) is 1.70. The Kier molecular flexibility index (Phi) is 3.99. The number of anilines is 1. The Balaban J connectivity index is 2.20.